The highest BCUT2D eigenvalue weighted by Gasteiger charge is 2.22. The Balaban J connectivity index is 2.88. The van der Waals surface area contributed by atoms with E-state index in [2.05, 4.69) is 6.92 Å². The first-order chi connectivity index (χ1) is 8.63. The summed E-state index contributed by atoms with van der Waals surface area (Å²) in [7, 11) is 0. The zero-order valence-corrected chi connectivity index (χ0v) is 11.6. The minimum absolute atomic E-state index is 0.0590. The van der Waals surface area contributed by atoms with Crippen molar-refractivity contribution in [3.63, 3.8) is 0 Å². The predicted molar refractivity (Wildman–Crippen MR) is 76.7 cm³/mol. The van der Waals surface area contributed by atoms with E-state index >= 15 is 0 Å². The Bertz CT molecular complexity index is 373. The molecule has 2 N–H and O–H groups in total. The molecule has 0 aliphatic heterocycles. The Morgan fingerprint density at radius 2 is 1.89 bits per heavy atom. The molecular formula is C15H24N2O. The highest BCUT2D eigenvalue weighted by molar-refractivity contribution is 5.95. The summed E-state index contributed by atoms with van der Waals surface area (Å²) in [4.78, 5) is 14.3. The van der Waals surface area contributed by atoms with E-state index in [1.807, 2.05) is 43.0 Å². The van der Waals surface area contributed by atoms with E-state index in [4.69, 9.17) is 5.73 Å². The van der Waals surface area contributed by atoms with E-state index in [9.17, 15) is 4.79 Å². The molecule has 0 saturated heterocycles. The Labute approximate surface area is 110 Å². The number of carbonyl (C=O) groups excluding carboxylic acids is 1. The van der Waals surface area contributed by atoms with Crippen LogP contribution in [0.2, 0.25) is 0 Å². The van der Waals surface area contributed by atoms with E-state index in [0.717, 1.165) is 18.5 Å². The number of anilines is 1. The summed E-state index contributed by atoms with van der Waals surface area (Å²) in [5, 5.41) is 0. The van der Waals surface area contributed by atoms with Crippen LogP contribution in [0.25, 0.3) is 0 Å². The Kier molecular flexibility index (Phi) is 5.86. The van der Waals surface area contributed by atoms with Crippen molar-refractivity contribution in [2.45, 2.75) is 33.6 Å². The van der Waals surface area contributed by atoms with Crippen LogP contribution < -0.4 is 10.6 Å². The molecule has 1 rings (SSSR count). The topological polar surface area (TPSA) is 46.3 Å². The molecule has 1 aromatic rings. The fraction of sp³-hybridized carbons (Fsp3) is 0.533. The van der Waals surface area contributed by atoms with Gasteiger partial charge in [-0.05, 0) is 32.4 Å². The van der Waals surface area contributed by atoms with Crippen LogP contribution in [-0.4, -0.2) is 19.0 Å². The molecule has 0 bridgehead atoms. The summed E-state index contributed by atoms with van der Waals surface area (Å²) >= 11 is 0. The van der Waals surface area contributed by atoms with Gasteiger partial charge < -0.3 is 10.6 Å². The number of aryl methyl sites for hydroxylation is 1. The number of carbonyl (C=O) groups is 1. The lowest BCUT2D eigenvalue weighted by molar-refractivity contribution is -0.122. The lowest BCUT2D eigenvalue weighted by atomic mass is 10.0. The van der Waals surface area contributed by atoms with Gasteiger partial charge in [-0.15, -0.1) is 0 Å². The maximum Gasteiger partial charge on any atom is 0.231 e. The smallest absolute Gasteiger partial charge is 0.231 e. The van der Waals surface area contributed by atoms with Gasteiger partial charge in [0.2, 0.25) is 5.91 Å². The van der Waals surface area contributed by atoms with Gasteiger partial charge in [0, 0.05) is 18.8 Å². The summed E-state index contributed by atoms with van der Waals surface area (Å²) in [5.41, 5.74) is 7.87. The molecule has 0 heterocycles. The SMILES string of the molecule is CCCC(CN)C(=O)N(CC)c1ccc(C)cc1. The second-order valence-corrected chi connectivity index (χ2v) is 4.64. The molecule has 0 saturated carbocycles. The lowest BCUT2D eigenvalue weighted by Crippen LogP contribution is -2.39. The second-order valence-electron chi connectivity index (χ2n) is 4.64. The third-order valence-corrected chi connectivity index (χ3v) is 3.20. The van der Waals surface area contributed by atoms with Gasteiger partial charge in [0.25, 0.3) is 0 Å². The molecule has 3 heteroatoms. The van der Waals surface area contributed by atoms with Gasteiger partial charge in [-0.2, -0.15) is 0 Å². The second kappa shape index (κ2) is 7.17. The lowest BCUT2D eigenvalue weighted by Gasteiger charge is -2.25. The van der Waals surface area contributed by atoms with Crippen molar-refractivity contribution in [1.29, 1.82) is 0 Å². The van der Waals surface area contributed by atoms with E-state index < -0.39 is 0 Å². The standard InChI is InChI=1S/C15H24N2O/c1-4-6-13(11-16)15(18)17(5-2)14-9-7-12(3)8-10-14/h7-10,13H,4-6,11,16H2,1-3H3. The summed E-state index contributed by atoms with van der Waals surface area (Å²) in [6.45, 7) is 7.23. The van der Waals surface area contributed by atoms with Crippen molar-refractivity contribution in [3.05, 3.63) is 29.8 Å². The first-order valence-corrected chi connectivity index (χ1v) is 6.72. The third-order valence-electron chi connectivity index (χ3n) is 3.20. The number of nitrogens with zero attached hydrogens (tertiary/aromatic N) is 1. The van der Waals surface area contributed by atoms with Crippen LogP contribution in [0.15, 0.2) is 24.3 Å². The quantitative estimate of drug-likeness (QED) is 0.841. The van der Waals surface area contributed by atoms with Crippen LogP contribution in [0.4, 0.5) is 5.69 Å². The van der Waals surface area contributed by atoms with Crippen molar-refractivity contribution in [2.24, 2.45) is 11.7 Å². The summed E-state index contributed by atoms with van der Waals surface area (Å²) in [6.07, 6.45) is 1.84. The highest BCUT2D eigenvalue weighted by Crippen LogP contribution is 2.19. The van der Waals surface area contributed by atoms with Gasteiger partial charge in [-0.1, -0.05) is 31.0 Å². The molecule has 1 amide bonds. The van der Waals surface area contributed by atoms with Crippen LogP contribution >= 0.6 is 0 Å². The first-order valence-electron chi connectivity index (χ1n) is 6.72. The fourth-order valence-electron chi connectivity index (χ4n) is 2.10. The largest absolute Gasteiger partial charge is 0.330 e. The van der Waals surface area contributed by atoms with Crippen molar-refractivity contribution in [1.82, 2.24) is 0 Å². The Morgan fingerprint density at radius 3 is 2.33 bits per heavy atom. The number of rotatable bonds is 6. The molecule has 0 aromatic heterocycles. The summed E-state index contributed by atoms with van der Waals surface area (Å²) < 4.78 is 0. The van der Waals surface area contributed by atoms with Crippen molar-refractivity contribution in [3.8, 4) is 0 Å². The molecule has 18 heavy (non-hydrogen) atoms. The molecule has 1 atom stereocenters. The van der Waals surface area contributed by atoms with Gasteiger partial charge in [-0.25, -0.2) is 0 Å². The van der Waals surface area contributed by atoms with Crippen LogP contribution in [-0.2, 0) is 4.79 Å². The summed E-state index contributed by atoms with van der Waals surface area (Å²) in [6, 6.07) is 8.05. The summed E-state index contributed by atoms with van der Waals surface area (Å²) in [5.74, 6) is 0.0851. The van der Waals surface area contributed by atoms with Crippen LogP contribution in [0.3, 0.4) is 0 Å². The van der Waals surface area contributed by atoms with E-state index in [-0.39, 0.29) is 11.8 Å². The van der Waals surface area contributed by atoms with E-state index in [0.29, 0.717) is 13.1 Å². The third kappa shape index (κ3) is 3.57. The Hall–Kier alpha value is -1.35. The van der Waals surface area contributed by atoms with Crippen LogP contribution in [0, 0.1) is 12.8 Å². The average Bonchev–Trinajstić information content (AvgIpc) is 2.38. The highest BCUT2D eigenvalue weighted by atomic mass is 16.2. The van der Waals surface area contributed by atoms with Gasteiger partial charge in [0.15, 0.2) is 0 Å². The number of nitrogens with two attached hydrogens (primary N) is 1. The van der Waals surface area contributed by atoms with Gasteiger partial charge in [-0.3, -0.25) is 4.79 Å². The van der Waals surface area contributed by atoms with Crippen LogP contribution in [0.5, 0.6) is 0 Å². The van der Waals surface area contributed by atoms with Crippen molar-refractivity contribution >= 4 is 11.6 Å². The molecule has 0 spiro atoms. The van der Waals surface area contributed by atoms with Gasteiger partial charge in [0.05, 0.1) is 5.92 Å². The zero-order valence-electron chi connectivity index (χ0n) is 11.6. The number of hydrogen-bond donors (Lipinski definition) is 1. The maximum absolute atomic E-state index is 12.4. The monoisotopic (exact) mass is 248 g/mol. The molecule has 0 aliphatic carbocycles. The van der Waals surface area contributed by atoms with Crippen LogP contribution in [0.1, 0.15) is 32.3 Å². The molecule has 100 valence electrons. The number of benzene rings is 1. The average molecular weight is 248 g/mol. The molecule has 0 aliphatic rings. The molecule has 1 aromatic carbocycles. The zero-order chi connectivity index (χ0) is 13.5. The molecule has 0 radical (unpaired) electrons. The maximum atomic E-state index is 12.4. The Morgan fingerprint density at radius 1 is 1.28 bits per heavy atom. The predicted octanol–water partition coefficient (Wildman–Crippen LogP) is 2.72. The molecule has 0 fully saturated rings. The minimum Gasteiger partial charge on any atom is -0.330 e. The first kappa shape index (κ1) is 14.7. The van der Waals surface area contributed by atoms with Gasteiger partial charge in [0.1, 0.15) is 0 Å². The number of hydrogen-bond acceptors (Lipinski definition) is 2. The van der Waals surface area contributed by atoms with Crippen molar-refractivity contribution < 1.29 is 4.79 Å². The minimum atomic E-state index is -0.0590. The number of amides is 1. The molecule has 3 nitrogen and oxygen atoms in total. The van der Waals surface area contributed by atoms with E-state index in [1.165, 1.54) is 5.56 Å². The normalized spacial score (nSPS) is 12.2. The van der Waals surface area contributed by atoms with Crippen molar-refractivity contribution in [2.75, 3.05) is 18.0 Å². The fourth-order valence-corrected chi connectivity index (χ4v) is 2.10. The van der Waals surface area contributed by atoms with Gasteiger partial charge >= 0.3 is 0 Å². The molecule has 1 unspecified atom stereocenters. The molecular weight excluding hydrogens is 224 g/mol. The van der Waals surface area contributed by atoms with E-state index in [1.54, 1.807) is 0 Å².